The Morgan fingerprint density at radius 1 is 1.18 bits per heavy atom. The molecule has 1 fully saturated rings. The van der Waals surface area contributed by atoms with E-state index >= 15 is 0 Å². The molecule has 2 aromatic carbocycles. The van der Waals surface area contributed by atoms with Gasteiger partial charge in [0.2, 0.25) is 0 Å². The zero-order chi connectivity index (χ0) is 32.1. The second-order valence-corrected chi connectivity index (χ2v) is 11.6. The number of nitrogens with two attached hydrogens (primary N) is 1. The molecule has 5 heteroatoms. The lowest BCUT2D eigenvalue weighted by atomic mass is 9.88. The quantitative estimate of drug-likeness (QED) is 0.123. The lowest BCUT2D eigenvalue weighted by Gasteiger charge is -2.26. The molecule has 2 aromatic rings. The van der Waals surface area contributed by atoms with E-state index in [4.69, 9.17) is 10.5 Å². The zero-order valence-corrected chi connectivity index (χ0v) is 27.5. The van der Waals surface area contributed by atoms with Gasteiger partial charge in [-0.25, -0.2) is 0 Å². The standard InChI is InChI=1S/C39H51N3O2/c1-8-11-12-18-23-42(6)35-27-34(33(9-2)38(41-10-3)37(35)39(40)43)32-25-31(29(5)36(26-32)44-7)22-17-16-19-28(4)24-30-20-14-13-15-21-30/h9-12,17,19,24-27,30,41H,2-3,8,13-15,18,20-23H2,1,4-7H3,(H2,40,43)/b12-11+,28-24-. The highest BCUT2D eigenvalue weighted by atomic mass is 16.5. The van der Waals surface area contributed by atoms with Crippen LogP contribution in [0.2, 0.25) is 0 Å². The number of carbonyl (C=O) groups is 1. The van der Waals surface area contributed by atoms with Crippen molar-refractivity contribution in [3.8, 4) is 16.9 Å². The molecule has 3 rings (SSSR count). The van der Waals surface area contributed by atoms with Crippen molar-refractivity contribution < 1.29 is 9.53 Å². The Balaban J connectivity index is 2.10. The van der Waals surface area contributed by atoms with Crippen molar-refractivity contribution in [2.45, 2.75) is 72.1 Å². The summed E-state index contributed by atoms with van der Waals surface area (Å²) in [6.07, 6.45) is 23.4. The van der Waals surface area contributed by atoms with E-state index in [1.807, 2.05) is 19.2 Å². The van der Waals surface area contributed by atoms with Crippen LogP contribution in [0, 0.1) is 12.8 Å². The van der Waals surface area contributed by atoms with Crippen LogP contribution < -0.4 is 20.7 Å². The summed E-state index contributed by atoms with van der Waals surface area (Å²) in [6.45, 7) is 15.1. The summed E-state index contributed by atoms with van der Waals surface area (Å²) in [5, 5.41) is 3.19. The number of methoxy groups -OCH3 is 1. The number of allylic oxidation sites excluding steroid dienone is 4. The van der Waals surface area contributed by atoms with E-state index in [-0.39, 0.29) is 0 Å². The van der Waals surface area contributed by atoms with Gasteiger partial charge in [-0.1, -0.05) is 69.7 Å². The predicted molar refractivity (Wildman–Crippen MR) is 190 cm³/mol. The molecule has 0 saturated heterocycles. The van der Waals surface area contributed by atoms with Gasteiger partial charge in [0.1, 0.15) is 5.75 Å². The highest BCUT2D eigenvalue weighted by Gasteiger charge is 2.23. The Hall–Kier alpha value is -4.21. The topological polar surface area (TPSA) is 67.6 Å². The number of hydrogen-bond donors (Lipinski definition) is 2. The summed E-state index contributed by atoms with van der Waals surface area (Å²) in [4.78, 5) is 14.9. The van der Waals surface area contributed by atoms with Crippen molar-refractivity contribution >= 4 is 23.4 Å². The maximum absolute atomic E-state index is 12.9. The SMILES string of the molecule is C=CNc1c(C=C)c(-c2cc(CC=C=C/C(C)=C\C3CCCCC3)c(C)c(OC)c2)cc(N(C)CC/C=C/CC)c1C(N)=O. The van der Waals surface area contributed by atoms with Gasteiger partial charge in [0, 0.05) is 19.2 Å². The lowest BCUT2D eigenvalue weighted by molar-refractivity contribution is 0.100. The Labute approximate surface area is 265 Å². The maximum atomic E-state index is 12.9. The van der Waals surface area contributed by atoms with Crippen molar-refractivity contribution in [1.82, 2.24) is 0 Å². The predicted octanol–water partition coefficient (Wildman–Crippen LogP) is 9.54. The van der Waals surface area contributed by atoms with Crippen molar-refractivity contribution in [1.29, 1.82) is 0 Å². The van der Waals surface area contributed by atoms with Crippen LogP contribution in [0.5, 0.6) is 5.75 Å². The first-order chi connectivity index (χ1) is 21.2. The molecule has 1 aliphatic carbocycles. The van der Waals surface area contributed by atoms with E-state index in [2.05, 4.69) is 86.3 Å². The van der Waals surface area contributed by atoms with Gasteiger partial charge in [0.05, 0.1) is 24.0 Å². The van der Waals surface area contributed by atoms with Crippen molar-refractivity contribution in [3.05, 3.63) is 101 Å². The van der Waals surface area contributed by atoms with Crippen LogP contribution in [0.1, 0.15) is 85.8 Å². The number of carbonyl (C=O) groups excluding carboxylic acids is 1. The van der Waals surface area contributed by atoms with Crippen LogP contribution in [0.3, 0.4) is 0 Å². The molecule has 0 aliphatic heterocycles. The van der Waals surface area contributed by atoms with E-state index < -0.39 is 5.91 Å². The molecule has 234 valence electrons. The van der Waals surface area contributed by atoms with Gasteiger partial charge in [0.25, 0.3) is 5.91 Å². The number of primary amides is 1. The molecule has 0 atom stereocenters. The second-order valence-electron chi connectivity index (χ2n) is 11.6. The van der Waals surface area contributed by atoms with Gasteiger partial charge < -0.3 is 20.7 Å². The van der Waals surface area contributed by atoms with Crippen molar-refractivity contribution in [3.63, 3.8) is 0 Å². The molecule has 5 nitrogen and oxygen atoms in total. The minimum atomic E-state index is -0.512. The van der Waals surface area contributed by atoms with Crippen LogP contribution in [-0.2, 0) is 6.42 Å². The average molecular weight is 594 g/mol. The smallest absolute Gasteiger partial charge is 0.252 e. The molecule has 0 heterocycles. The number of amides is 1. The molecule has 44 heavy (non-hydrogen) atoms. The zero-order valence-electron chi connectivity index (χ0n) is 27.5. The molecule has 3 N–H and O–H groups in total. The monoisotopic (exact) mass is 593 g/mol. The van der Waals surface area contributed by atoms with Gasteiger partial charge in [0.15, 0.2) is 0 Å². The minimum absolute atomic E-state index is 0.412. The molecule has 0 spiro atoms. The number of nitrogens with zero attached hydrogens (tertiary/aromatic N) is 1. The average Bonchev–Trinajstić information content (AvgIpc) is 3.01. The first-order valence-electron chi connectivity index (χ1n) is 15.9. The van der Waals surface area contributed by atoms with E-state index in [0.717, 1.165) is 58.6 Å². The Morgan fingerprint density at radius 2 is 1.93 bits per heavy atom. The summed E-state index contributed by atoms with van der Waals surface area (Å²) in [5.74, 6) is 0.985. The number of ether oxygens (including phenoxy) is 1. The Morgan fingerprint density at radius 3 is 2.57 bits per heavy atom. The first-order valence-corrected chi connectivity index (χ1v) is 15.9. The highest BCUT2D eigenvalue weighted by Crippen LogP contribution is 2.41. The fourth-order valence-electron chi connectivity index (χ4n) is 6.02. The van der Waals surface area contributed by atoms with Crippen LogP contribution in [0.25, 0.3) is 17.2 Å². The third-order valence-electron chi connectivity index (χ3n) is 8.39. The van der Waals surface area contributed by atoms with Gasteiger partial charge in [-0.05, 0) is 110 Å². The molecule has 1 amide bonds. The number of anilines is 2. The van der Waals surface area contributed by atoms with Crippen LogP contribution in [-0.4, -0.2) is 26.6 Å². The summed E-state index contributed by atoms with van der Waals surface area (Å²) in [6, 6.07) is 6.28. The molecular weight excluding hydrogens is 542 g/mol. The van der Waals surface area contributed by atoms with Gasteiger partial charge >= 0.3 is 0 Å². The molecule has 1 aliphatic rings. The molecule has 1 saturated carbocycles. The van der Waals surface area contributed by atoms with Gasteiger partial charge in [-0.15, -0.1) is 5.73 Å². The van der Waals surface area contributed by atoms with E-state index in [1.165, 1.54) is 37.7 Å². The number of hydrogen-bond acceptors (Lipinski definition) is 4. The van der Waals surface area contributed by atoms with Gasteiger partial charge in [-0.3, -0.25) is 4.79 Å². The van der Waals surface area contributed by atoms with E-state index in [0.29, 0.717) is 23.6 Å². The highest BCUT2D eigenvalue weighted by molar-refractivity contribution is 6.08. The van der Waals surface area contributed by atoms with Crippen LogP contribution in [0.15, 0.2) is 79.2 Å². The summed E-state index contributed by atoms with van der Waals surface area (Å²) in [7, 11) is 3.68. The Kier molecular flexibility index (Phi) is 13.4. The van der Waals surface area contributed by atoms with Gasteiger partial charge in [-0.2, -0.15) is 0 Å². The number of rotatable bonds is 15. The molecular formula is C39H51N3O2. The third-order valence-corrected chi connectivity index (χ3v) is 8.39. The maximum Gasteiger partial charge on any atom is 0.252 e. The van der Waals surface area contributed by atoms with Crippen molar-refractivity contribution in [2.75, 3.05) is 30.9 Å². The largest absolute Gasteiger partial charge is 0.496 e. The van der Waals surface area contributed by atoms with Crippen LogP contribution >= 0.6 is 0 Å². The summed E-state index contributed by atoms with van der Waals surface area (Å²) >= 11 is 0. The minimum Gasteiger partial charge on any atom is -0.496 e. The molecule has 0 bridgehead atoms. The third kappa shape index (κ3) is 8.90. The molecule has 0 radical (unpaired) electrons. The summed E-state index contributed by atoms with van der Waals surface area (Å²) in [5.41, 5.74) is 17.3. The fraction of sp³-hybridized carbons (Fsp3) is 0.385. The number of nitrogens with one attached hydrogen (secondary N) is 1. The lowest BCUT2D eigenvalue weighted by Crippen LogP contribution is -2.24. The first kappa shape index (κ1) is 34.3. The number of benzene rings is 2. The van der Waals surface area contributed by atoms with E-state index in [1.54, 1.807) is 19.4 Å². The fourth-order valence-corrected chi connectivity index (χ4v) is 6.02. The molecule has 0 aromatic heterocycles. The van der Waals surface area contributed by atoms with E-state index in [9.17, 15) is 4.79 Å². The summed E-state index contributed by atoms with van der Waals surface area (Å²) < 4.78 is 5.84. The van der Waals surface area contributed by atoms with Crippen LogP contribution in [0.4, 0.5) is 11.4 Å². The Bertz CT molecular complexity index is 1450. The normalized spacial score (nSPS) is 13.7. The molecule has 0 unspecified atom stereocenters. The van der Waals surface area contributed by atoms with Crippen molar-refractivity contribution in [2.24, 2.45) is 11.7 Å². The second kappa shape index (κ2) is 17.2.